The van der Waals surface area contributed by atoms with Gasteiger partial charge in [-0.25, -0.2) is 0 Å². The van der Waals surface area contributed by atoms with Crippen LogP contribution in [0.25, 0.3) is 0 Å². The first-order valence-electron chi connectivity index (χ1n) is 5.17. The topological polar surface area (TPSA) is 23.6 Å². The molecule has 17 heavy (non-hydrogen) atoms. The van der Waals surface area contributed by atoms with Gasteiger partial charge in [-0.2, -0.15) is 0 Å². The predicted molar refractivity (Wildman–Crippen MR) is 74.5 cm³/mol. The Morgan fingerprint density at radius 2 is 2.18 bits per heavy atom. The van der Waals surface area contributed by atoms with Crippen molar-refractivity contribution in [2.45, 2.75) is 6.04 Å². The van der Waals surface area contributed by atoms with Crippen LogP contribution in [0.1, 0.15) is 0 Å². The first kappa shape index (κ1) is 11.3. The van der Waals surface area contributed by atoms with Crippen LogP contribution in [0.2, 0.25) is 5.02 Å². The number of carbonyl (C=O) groups is 1. The summed E-state index contributed by atoms with van der Waals surface area (Å²) < 4.78 is 0. The number of rotatable bonds is 1. The van der Waals surface area contributed by atoms with Crippen LogP contribution >= 0.6 is 35.6 Å². The Morgan fingerprint density at radius 3 is 2.88 bits per heavy atom. The third-order valence-electron chi connectivity index (χ3n) is 2.92. The predicted octanol–water partition coefficient (Wildman–Crippen LogP) is 2.35. The lowest BCUT2D eigenvalue weighted by Gasteiger charge is -2.19. The Hall–Kier alpha value is -0.780. The highest BCUT2D eigenvalue weighted by molar-refractivity contribution is 7.99. The molecule has 1 aromatic carbocycles. The fourth-order valence-electron chi connectivity index (χ4n) is 2.06. The van der Waals surface area contributed by atoms with Gasteiger partial charge in [0.1, 0.15) is 6.04 Å². The number of carbonyl (C=O) groups excluding carboxylic acids is 1. The summed E-state index contributed by atoms with van der Waals surface area (Å²) >= 11 is 13.2. The van der Waals surface area contributed by atoms with E-state index in [1.165, 1.54) is 0 Å². The maximum atomic E-state index is 12.3. The Balaban J connectivity index is 2.03. The monoisotopic (exact) mass is 284 g/mol. The van der Waals surface area contributed by atoms with Gasteiger partial charge in [-0.3, -0.25) is 9.69 Å². The SMILES string of the molecule is O=C1[C@@H]2CSCN2C(=S)N1c1ccccc1Cl. The largest absolute Gasteiger partial charge is 0.326 e. The molecule has 2 fully saturated rings. The van der Waals surface area contributed by atoms with Crippen molar-refractivity contribution < 1.29 is 4.79 Å². The lowest BCUT2D eigenvalue weighted by Crippen LogP contribution is -2.32. The van der Waals surface area contributed by atoms with E-state index in [9.17, 15) is 4.79 Å². The summed E-state index contributed by atoms with van der Waals surface area (Å²) in [5.41, 5.74) is 0.684. The number of anilines is 1. The van der Waals surface area contributed by atoms with Crippen molar-refractivity contribution in [3.63, 3.8) is 0 Å². The standard InChI is InChI=1S/C11H9ClN2OS2/c12-7-3-1-2-4-8(7)14-10(15)9-5-17-6-13(9)11(14)16/h1-4,9H,5-6H2/t9-/m0/s1. The highest BCUT2D eigenvalue weighted by Crippen LogP contribution is 2.35. The van der Waals surface area contributed by atoms with Gasteiger partial charge in [-0.1, -0.05) is 23.7 Å². The van der Waals surface area contributed by atoms with Crippen LogP contribution in [-0.2, 0) is 4.79 Å². The summed E-state index contributed by atoms with van der Waals surface area (Å²) in [6.07, 6.45) is 0. The number of thioether (sulfide) groups is 1. The van der Waals surface area contributed by atoms with Gasteiger partial charge in [0.15, 0.2) is 5.11 Å². The van der Waals surface area contributed by atoms with Crippen molar-refractivity contribution in [2.75, 3.05) is 16.5 Å². The van der Waals surface area contributed by atoms with E-state index in [4.69, 9.17) is 23.8 Å². The summed E-state index contributed by atoms with van der Waals surface area (Å²) in [5.74, 6) is 1.63. The first-order chi connectivity index (χ1) is 8.20. The number of benzene rings is 1. The number of halogens is 1. The molecule has 1 aromatic rings. The van der Waals surface area contributed by atoms with Crippen LogP contribution in [0, 0.1) is 0 Å². The number of amides is 1. The minimum atomic E-state index is -0.108. The minimum absolute atomic E-state index is 0.0353. The van der Waals surface area contributed by atoms with E-state index in [1.807, 2.05) is 23.1 Å². The number of para-hydroxylation sites is 1. The smallest absolute Gasteiger partial charge is 0.257 e. The zero-order chi connectivity index (χ0) is 12.0. The molecule has 0 unspecified atom stereocenters. The summed E-state index contributed by atoms with van der Waals surface area (Å²) in [5, 5.41) is 1.12. The summed E-state index contributed by atoms with van der Waals surface area (Å²) in [6.45, 7) is 0. The first-order valence-corrected chi connectivity index (χ1v) is 7.11. The molecule has 2 saturated heterocycles. The van der Waals surface area contributed by atoms with Gasteiger partial charge in [0.25, 0.3) is 5.91 Å². The molecule has 0 radical (unpaired) electrons. The second kappa shape index (κ2) is 4.15. The van der Waals surface area contributed by atoms with Crippen molar-refractivity contribution in [2.24, 2.45) is 0 Å². The van der Waals surface area contributed by atoms with E-state index < -0.39 is 0 Å². The zero-order valence-electron chi connectivity index (χ0n) is 8.80. The van der Waals surface area contributed by atoms with Gasteiger partial charge in [0, 0.05) is 5.75 Å². The van der Waals surface area contributed by atoms with Crippen LogP contribution in [0.3, 0.4) is 0 Å². The molecule has 0 aliphatic carbocycles. The minimum Gasteiger partial charge on any atom is -0.326 e. The molecular weight excluding hydrogens is 276 g/mol. The van der Waals surface area contributed by atoms with Crippen molar-refractivity contribution in [3.8, 4) is 0 Å². The molecule has 0 bridgehead atoms. The van der Waals surface area contributed by atoms with E-state index in [2.05, 4.69) is 0 Å². The van der Waals surface area contributed by atoms with Gasteiger partial charge in [-0.15, -0.1) is 11.8 Å². The van der Waals surface area contributed by atoms with E-state index in [1.54, 1.807) is 22.7 Å². The molecule has 0 saturated carbocycles. The molecule has 0 spiro atoms. The molecule has 88 valence electrons. The maximum Gasteiger partial charge on any atom is 0.257 e. The molecule has 3 nitrogen and oxygen atoms in total. The number of hydrogen-bond acceptors (Lipinski definition) is 3. The average molecular weight is 285 g/mol. The molecule has 3 rings (SSSR count). The molecule has 2 aliphatic heterocycles. The third kappa shape index (κ3) is 1.64. The maximum absolute atomic E-state index is 12.3. The molecule has 1 amide bonds. The number of fused-ring (bicyclic) bond motifs is 1. The van der Waals surface area contributed by atoms with Gasteiger partial charge >= 0.3 is 0 Å². The molecular formula is C11H9ClN2OS2. The second-order valence-electron chi connectivity index (χ2n) is 3.89. The van der Waals surface area contributed by atoms with Gasteiger partial charge in [0.05, 0.1) is 16.6 Å². The molecule has 2 aliphatic rings. The van der Waals surface area contributed by atoms with E-state index in [0.29, 0.717) is 15.8 Å². The lowest BCUT2D eigenvalue weighted by molar-refractivity contribution is -0.118. The lowest BCUT2D eigenvalue weighted by atomic mass is 10.2. The van der Waals surface area contributed by atoms with Crippen molar-refractivity contribution >= 4 is 52.3 Å². The van der Waals surface area contributed by atoms with Gasteiger partial charge in [0.2, 0.25) is 0 Å². The van der Waals surface area contributed by atoms with Crippen molar-refractivity contribution in [1.29, 1.82) is 0 Å². The van der Waals surface area contributed by atoms with Crippen LogP contribution in [-0.4, -0.2) is 33.6 Å². The fraction of sp³-hybridized carbons (Fsp3) is 0.273. The number of thiocarbonyl (C=S) groups is 1. The molecule has 2 heterocycles. The van der Waals surface area contributed by atoms with Crippen LogP contribution in [0.4, 0.5) is 5.69 Å². The Kier molecular flexibility index (Phi) is 2.77. The Labute approximate surface area is 114 Å². The summed E-state index contributed by atoms with van der Waals surface area (Å²) in [4.78, 5) is 15.8. The van der Waals surface area contributed by atoms with Crippen molar-refractivity contribution in [3.05, 3.63) is 29.3 Å². The molecule has 0 N–H and O–H groups in total. The number of hydrogen-bond donors (Lipinski definition) is 0. The number of nitrogens with zero attached hydrogens (tertiary/aromatic N) is 2. The Bertz CT molecular complexity index is 486. The second-order valence-corrected chi connectivity index (χ2v) is 5.67. The van der Waals surface area contributed by atoms with Gasteiger partial charge in [-0.05, 0) is 24.4 Å². The Morgan fingerprint density at radius 1 is 1.41 bits per heavy atom. The molecule has 6 heteroatoms. The molecule has 0 aromatic heterocycles. The summed E-state index contributed by atoms with van der Waals surface area (Å²) in [6, 6.07) is 7.18. The fourth-order valence-corrected chi connectivity index (χ4v) is 3.89. The molecule has 1 atom stereocenters. The highest BCUT2D eigenvalue weighted by atomic mass is 35.5. The van der Waals surface area contributed by atoms with Crippen LogP contribution in [0.5, 0.6) is 0 Å². The van der Waals surface area contributed by atoms with E-state index >= 15 is 0 Å². The summed E-state index contributed by atoms with van der Waals surface area (Å²) in [7, 11) is 0. The highest BCUT2D eigenvalue weighted by Gasteiger charge is 2.46. The normalized spacial score (nSPS) is 23.5. The third-order valence-corrected chi connectivity index (χ3v) is 4.67. The van der Waals surface area contributed by atoms with E-state index in [0.717, 1.165) is 11.6 Å². The quantitative estimate of drug-likeness (QED) is 0.739. The van der Waals surface area contributed by atoms with Gasteiger partial charge < -0.3 is 4.90 Å². The van der Waals surface area contributed by atoms with E-state index in [-0.39, 0.29) is 11.9 Å². The van der Waals surface area contributed by atoms with Crippen molar-refractivity contribution in [1.82, 2.24) is 4.90 Å². The zero-order valence-corrected chi connectivity index (χ0v) is 11.2. The average Bonchev–Trinajstić information content (AvgIpc) is 2.87. The van der Waals surface area contributed by atoms with Crippen LogP contribution < -0.4 is 4.90 Å². The van der Waals surface area contributed by atoms with Crippen LogP contribution in [0.15, 0.2) is 24.3 Å².